The van der Waals surface area contributed by atoms with E-state index in [-0.39, 0.29) is 5.70 Å². The van der Waals surface area contributed by atoms with Crippen LogP contribution in [0.2, 0.25) is 0 Å². The summed E-state index contributed by atoms with van der Waals surface area (Å²) >= 11 is 0. The summed E-state index contributed by atoms with van der Waals surface area (Å²) in [6.07, 6.45) is 5.26. The van der Waals surface area contributed by atoms with Crippen molar-refractivity contribution in [2.75, 3.05) is 0 Å². The van der Waals surface area contributed by atoms with Crippen LogP contribution in [0.25, 0.3) is 6.08 Å². The molecule has 4 heteroatoms. The van der Waals surface area contributed by atoms with Crippen molar-refractivity contribution in [3.63, 3.8) is 0 Å². The fourth-order valence-corrected chi connectivity index (χ4v) is 2.14. The summed E-state index contributed by atoms with van der Waals surface area (Å²) in [5, 5.41) is 0. The molecule has 106 valence electrons. The number of aliphatic imine (C=N–C) groups is 1. The molecule has 21 heavy (non-hydrogen) atoms. The number of esters is 1. The Morgan fingerprint density at radius 2 is 2.00 bits per heavy atom. The standard InChI is InChI=1S/C17H15NO3/c1-2-4-12-6-8-13(9-7-12)16-18-15(17(19)21-16)11-14-5-3-10-20-14/h3,5-11H,2,4H2,1H3/b15-11-. The molecule has 0 fully saturated rings. The first-order chi connectivity index (χ1) is 10.3. The first-order valence-electron chi connectivity index (χ1n) is 6.91. The molecule has 0 amide bonds. The summed E-state index contributed by atoms with van der Waals surface area (Å²) in [6.45, 7) is 2.14. The first-order valence-corrected chi connectivity index (χ1v) is 6.91. The lowest BCUT2D eigenvalue weighted by Crippen LogP contribution is -2.05. The van der Waals surface area contributed by atoms with E-state index >= 15 is 0 Å². The molecule has 1 aromatic heterocycles. The van der Waals surface area contributed by atoms with Crippen LogP contribution >= 0.6 is 0 Å². The third-order valence-electron chi connectivity index (χ3n) is 3.18. The highest BCUT2D eigenvalue weighted by Crippen LogP contribution is 2.19. The van der Waals surface area contributed by atoms with Crippen LogP contribution in [0.5, 0.6) is 0 Å². The van der Waals surface area contributed by atoms with Crippen LogP contribution in [0.3, 0.4) is 0 Å². The second kappa shape index (κ2) is 5.79. The lowest BCUT2D eigenvalue weighted by atomic mass is 10.1. The van der Waals surface area contributed by atoms with Crippen LogP contribution in [-0.4, -0.2) is 11.9 Å². The van der Waals surface area contributed by atoms with E-state index in [4.69, 9.17) is 9.15 Å². The van der Waals surface area contributed by atoms with Gasteiger partial charge >= 0.3 is 5.97 Å². The van der Waals surface area contributed by atoms with Gasteiger partial charge in [0.1, 0.15) is 5.76 Å². The Morgan fingerprint density at radius 1 is 1.19 bits per heavy atom. The molecule has 2 heterocycles. The van der Waals surface area contributed by atoms with Crippen LogP contribution in [0.1, 0.15) is 30.2 Å². The van der Waals surface area contributed by atoms with E-state index in [0.717, 1.165) is 18.4 Å². The number of benzene rings is 1. The van der Waals surface area contributed by atoms with Gasteiger partial charge in [-0.1, -0.05) is 25.5 Å². The SMILES string of the molecule is CCCc1ccc(C2=N/C(=C\c3ccco3)C(=O)O2)cc1. The van der Waals surface area contributed by atoms with Crippen molar-refractivity contribution >= 4 is 17.9 Å². The fraction of sp³-hybridized carbons (Fsp3) is 0.176. The number of hydrogen-bond donors (Lipinski definition) is 0. The van der Waals surface area contributed by atoms with Gasteiger partial charge in [0, 0.05) is 11.6 Å². The maximum atomic E-state index is 11.8. The molecule has 0 N–H and O–H groups in total. The van der Waals surface area contributed by atoms with Gasteiger partial charge in [-0.3, -0.25) is 0 Å². The lowest BCUT2D eigenvalue weighted by molar-refractivity contribution is -0.129. The van der Waals surface area contributed by atoms with Crippen LogP contribution in [0, 0.1) is 0 Å². The molecule has 0 unspecified atom stereocenters. The molecule has 0 saturated heterocycles. The van der Waals surface area contributed by atoms with E-state index in [2.05, 4.69) is 11.9 Å². The number of aryl methyl sites for hydroxylation is 1. The van der Waals surface area contributed by atoms with Crippen molar-refractivity contribution in [3.8, 4) is 0 Å². The predicted octanol–water partition coefficient (Wildman–Crippen LogP) is 3.58. The molecule has 0 radical (unpaired) electrons. The Labute approximate surface area is 122 Å². The maximum absolute atomic E-state index is 11.8. The van der Waals surface area contributed by atoms with Crippen LogP contribution in [-0.2, 0) is 16.0 Å². The van der Waals surface area contributed by atoms with Crippen LogP contribution in [0.15, 0.2) is 57.8 Å². The molecule has 0 saturated carbocycles. The Hall–Kier alpha value is -2.62. The van der Waals surface area contributed by atoms with Crippen molar-refractivity contribution in [2.24, 2.45) is 4.99 Å². The number of carbonyl (C=O) groups is 1. The van der Waals surface area contributed by atoms with E-state index in [1.54, 1.807) is 24.5 Å². The zero-order valence-corrected chi connectivity index (χ0v) is 11.7. The van der Waals surface area contributed by atoms with E-state index in [0.29, 0.717) is 11.7 Å². The number of hydrogen-bond acceptors (Lipinski definition) is 4. The highest BCUT2D eigenvalue weighted by Gasteiger charge is 2.24. The second-order valence-electron chi connectivity index (χ2n) is 4.80. The number of furan rings is 1. The van der Waals surface area contributed by atoms with Gasteiger partial charge < -0.3 is 9.15 Å². The van der Waals surface area contributed by atoms with E-state index in [1.165, 1.54) is 5.56 Å². The van der Waals surface area contributed by atoms with Gasteiger partial charge in [0.2, 0.25) is 5.90 Å². The molecule has 3 rings (SSSR count). The van der Waals surface area contributed by atoms with E-state index in [9.17, 15) is 4.79 Å². The summed E-state index contributed by atoms with van der Waals surface area (Å²) in [6, 6.07) is 11.4. The van der Waals surface area contributed by atoms with Crippen LogP contribution in [0.4, 0.5) is 0 Å². The minimum Gasteiger partial charge on any atom is -0.465 e. The quantitative estimate of drug-likeness (QED) is 0.636. The van der Waals surface area contributed by atoms with E-state index in [1.807, 2.05) is 24.3 Å². The van der Waals surface area contributed by atoms with Crippen molar-refractivity contribution in [1.29, 1.82) is 0 Å². The minimum absolute atomic E-state index is 0.248. The zero-order valence-electron chi connectivity index (χ0n) is 11.7. The van der Waals surface area contributed by atoms with Crippen molar-refractivity contribution in [1.82, 2.24) is 0 Å². The Bertz CT molecular complexity index is 694. The molecular weight excluding hydrogens is 266 g/mol. The normalized spacial score (nSPS) is 16.1. The molecule has 0 aliphatic carbocycles. The van der Waals surface area contributed by atoms with Gasteiger partial charge in [0.15, 0.2) is 5.70 Å². The second-order valence-corrected chi connectivity index (χ2v) is 4.80. The number of carbonyl (C=O) groups excluding carboxylic acids is 1. The largest absolute Gasteiger partial charge is 0.465 e. The molecule has 1 aliphatic heterocycles. The van der Waals surface area contributed by atoms with E-state index < -0.39 is 5.97 Å². The topological polar surface area (TPSA) is 51.8 Å². The van der Waals surface area contributed by atoms with Crippen molar-refractivity contribution in [3.05, 3.63) is 65.2 Å². The summed E-state index contributed by atoms with van der Waals surface area (Å²) in [4.78, 5) is 16.0. The highest BCUT2D eigenvalue weighted by atomic mass is 16.6. The molecule has 1 aromatic carbocycles. The van der Waals surface area contributed by atoms with Crippen LogP contribution < -0.4 is 0 Å². The Morgan fingerprint density at radius 3 is 2.67 bits per heavy atom. The summed E-state index contributed by atoms with van der Waals surface area (Å²) in [5.41, 5.74) is 2.31. The molecule has 1 aliphatic rings. The molecular formula is C17H15NO3. The number of rotatable bonds is 4. The lowest BCUT2D eigenvalue weighted by Gasteiger charge is -2.01. The Kier molecular flexibility index (Phi) is 3.69. The third kappa shape index (κ3) is 2.94. The summed E-state index contributed by atoms with van der Waals surface area (Å²) < 4.78 is 10.4. The fourth-order valence-electron chi connectivity index (χ4n) is 2.14. The molecule has 4 nitrogen and oxygen atoms in total. The van der Waals surface area contributed by atoms with Gasteiger partial charge in [-0.15, -0.1) is 0 Å². The first kappa shape index (κ1) is 13.4. The van der Waals surface area contributed by atoms with Gasteiger partial charge in [-0.05, 0) is 36.2 Å². The van der Waals surface area contributed by atoms with Crippen molar-refractivity contribution in [2.45, 2.75) is 19.8 Å². The summed E-state index contributed by atoms with van der Waals surface area (Å²) in [5.74, 6) is 0.449. The molecule has 0 atom stereocenters. The number of ether oxygens (including phenoxy) is 1. The maximum Gasteiger partial charge on any atom is 0.363 e. The zero-order chi connectivity index (χ0) is 14.7. The highest BCUT2D eigenvalue weighted by molar-refractivity contribution is 6.12. The average Bonchev–Trinajstić information content (AvgIpc) is 3.11. The smallest absolute Gasteiger partial charge is 0.363 e. The van der Waals surface area contributed by atoms with Gasteiger partial charge in [0.25, 0.3) is 0 Å². The number of nitrogens with zero attached hydrogens (tertiary/aromatic N) is 1. The molecule has 0 bridgehead atoms. The third-order valence-corrected chi connectivity index (χ3v) is 3.18. The monoisotopic (exact) mass is 281 g/mol. The van der Waals surface area contributed by atoms with Gasteiger partial charge in [0.05, 0.1) is 6.26 Å². The van der Waals surface area contributed by atoms with Gasteiger partial charge in [-0.2, -0.15) is 0 Å². The Balaban J connectivity index is 1.84. The summed E-state index contributed by atoms with van der Waals surface area (Å²) in [7, 11) is 0. The average molecular weight is 281 g/mol. The van der Waals surface area contributed by atoms with Crippen molar-refractivity contribution < 1.29 is 13.9 Å². The molecule has 0 spiro atoms. The number of cyclic esters (lactones) is 1. The predicted molar refractivity (Wildman–Crippen MR) is 79.8 cm³/mol. The minimum atomic E-state index is -0.459. The van der Waals surface area contributed by atoms with Gasteiger partial charge in [-0.25, -0.2) is 9.79 Å². The molecule has 2 aromatic rings.